The minimum Gasteiger partial charge on any atom is -0.462 e. The number of esters is 1. The van der Waals surface area contributed by atoms with E-state index in [4.69, 9.17) is 10.5 Å². The predicted molar refractivity (Wildman–Crippen MR) is 97.4 cm³/mol. The van der Waals surface area contributed by atoms with Gasteiger partial charge in [0.15, 0.2) is 5.16 Å². The molecule has 0 saturated heterocycles. The molecule has 1 heterocycles. The Labute approximate surface area is 152 Å². The Morgan fingerprint density at radius 1 is 1.36 bits per heavy atom. The summed E-state index contributed by atoms with van der Waals surface area (Å²) in [5.41, 5.74) is 5.97. The molecule has 7 nitrogen and oxygen atoms in total. The average Bonchev–Trinajstić information content (AvgIpc) is 2.60. The van der Waals surface area contributed by atoms with Gasteiger partial charge in [0.1, 0.15) is 11.4 Å². The molecule has 1 amide bonds. The van der Waals surface area contributed by atoms with E-state index in [2.05, 4.69) is 15.3 Å². The number of aromatic nitrogens is 2. The highest BCUT2D eigenvalue weighted by Gasteiger charge is 2.24. The van der Waals surface area contributed by atoms with E-state index in [9.17, 15) is 9.59 Å². The van der Waals surface area contributed by atoms with Crippen LogP contribution in [0.2, 0.25) is 0 Å². The molecule has 0 radical (unpaired) electrons. The number of nitrogens with one attached hydrogen (secondary N) is 1. The maximum absolute atomic E-state index is 12.5. The van der Waals surface area contributed by atoms with Gasteiger partial charge in [-0.3, -0.25) is 4.79 Å². The van der Waals surface area contributed by atoms with Crippen LogP contribution in [0.1, 0.15) is 62.7 Å². The monoisotopic (exact) mass is 366 g/mol. The molecule has 138 valence electrons. The first-order valence-corrected chi connectivity index (χ1v) is 9.69. The fourth-order valence-electron chi connectivity index (χ4n) is 2.79. The number of ether oxygens (including phenoxy) is 1. The zero-order valence-electron chi connectivity index (χ0n) is 14.8. The summed E-state index contributed by atoms with van der Waals surface area (Å²) in [5.74, 6) is -0.465. The summed E-state index contributed by atoms with van der Waals surface area (Å²) < 4.78 is 4.90. The molecule has 25 heavy (non-hydrogen) atoms. The Kier molecular flexibility index (Phi) is 7.49. The van der Waals surface area contributed by atoms with Crippen LogP contribution in [0.5, 0.6) is 0 Å². The second-order valence-electron chi connectivity index (χ2n) is 6.03. The van der Waals surface area contributed by atoms with E-state index in [-0.39, 0.29) is 35.2 Å². The first-order valence-electron chi connectivity index (χ1n) is 8.81. The number of thioether (sulfide) groups is 1. The number of rotatable bonds is 7. The number of carbonyl (C=O) groups is 2. The van der Waals surface area contributed by atoms with Crippen LogP contribution in [-0.2, 0) is 9.53 Å². The van der Waals surface area contributed by atoms with Crippen LogP contribution in [0, 0.1) is 0 Å². The minimum absolute atomic E-state index is 0.0102. The fraction of sp³-hybridized carbons (Fsp3) is 0.647. The Bertz CT molecular complexity index is 606. The third-order valence-electron chi connectivity index (χ3n) is 4.15. The molecule has 2 rings (SSSR count). The van der Waals surface area contributed by atoms with Crippen LogP contribution in [0.25, 0.3) is 0 Å². The highest BCUT2D eigenvalue weighted by atomic mass is 32.2. The quantitative estimate of drug-likeness (QED) is 0.434. The molecule has 1 atom stereocenters. The molecular formula is C17H26N4O3S. The summed E-state index contributed by atoms with van der Waals surface area (Å²) >= 11 is 1.27. The van der Waals surface area contributed by atoms with E-state index in [1.54, 1.807) is 6.92 Å². The van der Waals surface area contributed by atoms with Gasteiger partial charge in [0, 0.05) is 12.2 Å². The van der Waals surface area contributed by atoms with Crippen LogP contribution in [0.3, 0.4) is 0 Å². The van der Waals surface area contributed by atoms with Crippen LogP contribution < -0.4 is 11.1 Å². The second-order valence-corrected chi connectivity index (χ2v) is 7.20. The van der Waals surface area contributed by atoms with Gasteiger partial charge in [-0.25, -0.2) is 14.8 Å². The van der Waals surface area contributed by atoms with Gasteiger partial charge >= 0.3 is 5.97 Å². The number of hydrogen-bond donors (Lipinski definition) is 2. The highest BCUT2D eigenvalue weighted by Crippen LogP contribution is 2.25. The summed E-state index contributed by atoms with van der Waals surface area (Å²) in [5, 5.41) is 3.23. The Morgan fingerprint density at radius 2 is 2.08 bits per heavy atom. The Hall–Kier alpha value is -1.83. The molecule has 0 aliphatic heterocycles. The van der Waals surface area contributed by atoms with Crippen molar-refractivity contribution < 1.29 is 14.3 Å². The first kappa shape index (κ1) is 19.5. The van der Waals surface area contributed by atoms with Crippen molar-refractivity contribution in [2.24, 2.45) is 0 Å². The zero-order valence-corrected chi connectivity index (χ0v) is 15.6. The molecule has 0 unspecified atom stereocenters. The van der Waals surface area contributed by atoms with Crippen LogP contribution in [-0.4, -0.2) is 39.7 Å². The summed E-state index contributed by atoms with van der Waals surface area (Å²) in [6.07, 6.45) is 7.70. The highest BCUT2D eigenvalue weighted by molar-refractivity contribution is 8.00. The molecule has 0 aromatic carbocycles. The van der Waals surface area contributed by atoms with Crippen molar-refractivity contribution in [2.75, 3.05) is 12.3 Å². The van der Waals surface area contributed by atoms with Gasteiger partial charge in [-0.15, -0.1) is 0 Å². The van der Waals surface area contributed by atoms with Crippen molar-refractivity contribution in [3.8, 4) is 0 Å². The average molecular weight is 366 g/mol. The van der Waals surface area contributed by atoms with E-state index in [1.807, 2.05) is 6.92 Å². The van der Waals surface area contributed by atoms with Gasteiger partial charge in [0.25, 0.3) is 0 Å². The molecule has 0 bridgehead atoms. The topological polar surface area (TPSA) is 107 Å². The lowest BCUT2D eigenvalue weighted by molar-refractivity contribution is -0.121. The Balaban J connectivity index is 1.99. The van der Waals surface area contributed by atoms with Crippen molar-refractivity contribution >= 4 is 29.5 Å². The SMILES string of the molecule is CCOC(=O)c1cnc(S[C@@H](CC)C(=O)NC2CCCCC2)nc1N. The summed E-state index contributed by atoms with van der Waals surface area (Å²) in [6, 6.07) is 0.271. The maximum atomic E-state index is 12.5. The summed E-state index contributed by atoms with van der Waals surface area (Å²) in [7, 11) is 0. The van der Waals surface area contributed by atoms with E-state index in [0.717, 1.165) is 12.8 Å². The molecule has 1 saturated carbocycles. The lowest BCUT2D eigenvalue weighted by Crippen LogP contribution is -2.41. The molecular weight excluding hydrogens is 340 g/mol. The summed E-state index contributed by atoms with van der Waals surface area (Å²) in [6.45, 7) is 3.93. The third kappa shape index (κ3) is 5.59. The molecule has 1 fully saturated rings. The molecule has 1 aromatic heterocycles. The lowest BCUT2D eigenvalue weighted by Gasteiger charge is -2.24. The minimum atomic E-state index is -0.543. The standard InChI is InChI=1S/C17H26N4O3S/c1-3-13(15(22)20-11-8-6-5-7-9-11)25-17-19-10-12(14(18)21-17)16(23)24-4-2/h10-11,13H,3-9H2,1-2H3,(H,20,22)(H2,18,19,21)/t13-/m0/s1. The fourth-order valence-corrected chi connectivity index (χ4v) is 3.65. The predicted octanol–water partition coefficient (Wildman–Crippen LogP) is 2.56. The number of nitrogen functional groups attached to an aromatic ring is 1. The molecule has 1 aliphatic rings. The van der Waals surface area contributed by atoms with E-state index < -0.39 is 5.97 Å². The number of nitrogens with zero attached hydrogens (tertiary/aromatic N) is 2. The summed E-state index contributed by atoms with van der Waals surface area (Å²) in [4.78, 5) is 32.5. The van der Waals surface area contributed by atoms with E-state index in [1.165, 1.54) is 37.2 Å². The van der Waals surface area contributed by atoms with Crippen molar-refractivity contribution in [2.45, 2.75) is 68.8 Å². The molecule has 8 heteroatoms. The number of anilines is 1. The lowest BCUT2D eigenvalue weighted by atomic mass is 9.95. The van der Waals surface area contributed by atoms with Gasteiger partial charge < -0.3 is 15.8 Å². The number of hydrogen-bond acceptors (Lipinski definition) is 7. The molecule has 3 N–H and O–H groups in total. The van der Waals surface area contributed by atoms with Gasteiger partial charge in [0.2, 0.25) is 5.91 Å². The number of amides is 1. The smallest absolute Gasteiger partial charge is 0.343 e. The van der Waals surface area contributed by atoms with E-state index >= 15 is 0 Å². The maximum Gasteiger partial charge on any atom is 0.343 e. The zero-order chi connectivity index (χ0) is 18.2. The third-order valence-corrected chi connectivity index (χ3v) is 5.39. The normalized spacial score (nSPS) is 16.2. The second kappa shape index (κ2) is 9.60. The van der Waals surface area contributed by atoms with Crippen molar-refractivity contribution in [3.05, 3.63) is 11.8 Å². The van der Waals surface area contributed by atoms with Crippen LogP contribution >= 0.6 is 11.8 Å². The van der Waals surface area contributed by atoms with Crippen molar-refractivity contribution in [1.29, 1.82) is 0 Å². The van der Waals surface area contributed by atoms with Crippen LogP contribution in [0.4, 0.5) is 5.82 Å². The Morgan fingerprint density at radius 3 is 2.68 bits per heavy atom. The first-order chi connectivity index (χ1) is 12.0. The van der Waals surface area contributed by atoms with Gasteiger partial charge in [-0.2, -0.15) is 0 Å². The molecule has 1 aromatic rings. The van der Waals surface area contributed by atoms with Crippen molar-refractivity contribution in [1.82, 2.24) is 15.3 Å². The van der Waals surface area contributed by atoms with Gasteiger partial charge in [-0.05, 0) is 26.2 Å². The van der Waals surface area contributed by atoms with Crippen LogP contribution in [0.15, 0.2) is 11.4 Å². The number of nitrogens with two attached hydrogens (primary N) is 1. The number of carbonyl (C=O) groups excluding carboxylic acids is 2. The molecule has 1 aliphatic carbocycles. The van der Waals surface area contributed by atoms with Gasteiger partial charge in [-0.1, -0.05) is 37.9 Å². The van der Waals surface area contributed by atoms with Crippen molar-refractivity contribution in [3.63, 3.8) is 0 Å². The van der Waals surface area contributed by atoms with E-state index in [0.29, 0.717) is 11.6 Å². The van der Waals surface area contributed by atoms with Gasteiger partial charge in [0.05, 0.1) is 11.9 Å². The molecule has 0 spiro atoms. The largest absolute Gasteiger partial charge is 0.462 e.